The van der Waals surface area contributed by atoms with E-state index in [1.165, 1.54) is 11.3 Å². The number of aryl methyl sites for hydroxylation is 1. The summed E-state index contributed by atoms with van der Waals surface area (Å²) < 4.78 is 10.8. The maximum Gasteiger partial charge on any atom is 0.145 e. The lowest BCUT2D eigenvalue weighted by molar-refractivity contribution is 0.395. The summed E-state index contributed by atoms with van der Waals surface area (Å²) in [5.74, 6) is 1.55. The fourth-order valence-corrected chi connectivity index (χ4v) is 3.39. The molecule has 1 heterocycles. The molecule has 2 aromatic carbocycles. The molecule has 1 aromatic heterocycles. The molecule has 0 saturated heterocycles. The Kier molecular flexibility index (Phi) is 3.73. The van der Waals surface area contributed by atoms with Crippen LogP contribution in [0.5, 0.6) is 11.5 Å². The highest BCUT2D eigenvalue weighted by molar-refractivity contribution is 5.96. The fourth-order valence-electron chi connectivity index (χ4n) is 3.39. The van der Waals surface area contributed by atoms with E-state index in [0.717, 1.165) is 53.0 Å². The van der Waals surface area contributed by atoms with Crippen molar-refractivity contribution >= 4 is 22.3 Å². The number of fused-ring (bicyclic) bond motifs is 2. The van der Waals surface area contributed by atoms with Crippen LogP contribution in [0.1, 0.15) is 17.7 Å². The number of benzene rings is 2. The topological polar surface area (TPSA) is 43.4 Å². The Morgan fingerprint density at radius 2 is 1.88 bits per heavy atom. The van der Waals surface area contributed by atoms with Crippen LogP contribution in [0.3, 0.4) is 0 Å². The number of nitrogens with one attached hydrogen (secondary N) is 1. The van der Waals surface area contributed by atoms with Crippen LogP contribution in [0.25, 0.3) is 10.9 Å². The van der Waals surface area contributed by atoms with E-state index in [2.05, 4.69) is 23.5 Å². The van der Waals surface area contributed by atoms with Crippen LogP contribution < -0.4 is 14.8 Å². The predicted octanol–water partition coefficient (Wildman–Crippen LogP) is 4.48. The van der Waals surface area contributed by atoms with Gasteiger partial charge < -0.3 is 14.8 Å². The first-order chi connectivity index (χ1) is 11.8. The van der Waals surface area contributed by atoms with E-state index in [9.17, 15) is 0 Å². The van der Waals surface area contributed by atoms with Crippen molar-refractivity contribution in [2.24, 2.45) is 0 Å². The first-order valence-electron chi connectivity index (χ1n) is 8.19. The number of hydrogen-bond donors (Lipinski definition) is 1. The van der Waals surface area contributed by atoms with Crippen LogP contribution in [-0.4, -0.2) is 19.2 Å². The summed E-state index contributed by atoms with van der Waals surface area (Å²) in [5.41, 5.74) is 5.66. The molecular weight excluding hydrogens is 300 g/mol. The SMILES string of the molecule is COc1ccc(Nc2c3c(nc4ccccc24)CCC3)c(OC)c1. The highest BCUT2D eigenvalue weighted by Gasteiger charge is 2.20. The van der Waals surface area contributed by atoms with Crippen LogP contribution in [0, 0.1) is 0 Å². The van der Waals surface area contributed by atoms with Gasteiger partial charge in [0.2, 0.25) is 0 Å². The summed E-state index contributed by atoms with van der Waals surface area (Å²) in [6.07, 6.45) is 3.27. The van der Waals surface area contributed by atoms with Crippen molar-refractivity contribution in [1.29, 1.82) is 0 Å². The summed E-state index contributed by atoms with van der Waals surface area (Å²) >= 11 is 0. The molecule has 24 heavy (non-hydrogen) atoms. The maximum atomic E-state index is 5.53. The van der Waals surface area contributed by atoms with E-state index >= 15 is 0 Å². The summed E-state index contributed by atoms with van der Waals surface area (Å²) in [7, 11) is 3.33. The molecule has 0 amide bonds. The molecule has 4 nitrogen and oxygen atoms in total. The van der Waals surface area contributed by atoms with E-state index in [-0.39, 0.29) is 0 Å². The first-order valence-corrected chi connectivity index (χ1v) is 8.19. The number of methoxy groups -OCH3 is 2. The van der Waals surface area contributed by atoms with Crippen LogP contribution >= 0.6 is 0 Å². The number of nitrogens with zero attached hydrogens (tertiary/aromatic N) is 1. The zero-order chi connectivity index (χ0) is 16.5. The molecule has 4 rings (SSSR count). The second kappa shape index (κ2) is 6.04. The van der Waals surface area contributed by atoms with E-state index in [1.54, 1.807) is 14.2 Å². The van der Waals surface area contributed by atoms with Gasteiger partial charge in [-0.1, -0.05) is 18.2 Å². The van der Waals surface area contributed by atoms with Gasteiger partial charge in [-0.25, -0.2) is 0 Å². The van der Waals surface area contributed by atoms with Gasteiger partial charge in [0.05, 0.1) is 31.1 Å². The molecule has 0 radical (unpaired) electrons. The zero-order valence-electron chi connectivity index (χ0n) is 13.9. The van der Waals surface area contributed by atoms with Crippen LogP contribution in [-0.2, 0) is 12.8 Å². The molecule has 4 heteroatoms. The number of pyridine rings is 1. The van der Waals surface area contributed by atoms with Gasteiger partial charge in [-0.15, -0.1) is 0 Å². The second-order valence-electron chi connectivity index (χ2n) is 5.97. The third-order valence-corrected chi connectivity index (χ3v) is 4.59. The van der Waals surface area contributed by atoms with Gasteiger partial charge in [0.25, 0.3) is 0 Å². The standard InChI is InChI=1S/C20H20N2O2/c1-23-13-10-11-18(19(12-13)24-2)22-20-14-6-3-4-8-16(14)21-17-9-5-7-15(17)20/h3-4,6,8,10-12H,5,7,9H2,1-2H3,(H,21,22). The van der Waals surface area contributed by atoms with Crippen LogP contribution in [0.2, 0.25) is 0 Å². The van der Waals surface area contributed by atoms with Crippen molar-refractivity contribution in [3.05, 3.63) is 53.7 Å². The van der Waals surface area contributed by atoms with Gasteiger partial charge in [-0.05, 0) is 43.0 Å². The highest BCUT2D eigenvalue weighted by Crippen LogP contribution is 2.38. The van der Waals surface area contributed by atoms with Gasteiger partial charge in [0.1, 0.15) is 11.5 Å². The number of rotatable bonds is 4. The molecule has 1 aliphatic rings. The minimum Gasteiger partial charge on any atom is -0.497 e. The molecule has 0 saturated carbocycles. The number of para-hydroxylation sites is 1. The molecule has 0 spiro atoms. The lowest BCUT2D eigenvalue weighted by Crippen LogP contribution is -2.01. The van der Waals surface area contributed by atoms with Crippen molar-refractivity contribution < 1.29 is 9.47 Å². The Bertz CT molecular complexity index is 906. The summed E-state index contributed by atoms with van der Waals surface area (Å²) in [5, 5.41) is 4.75. The van der Waals surface area contributed by atoms with Gasteiger partial charge in [-0.2, -0.15) is 0 Å². The molecule has 0 atom stereocenters. The van der Waals surface area contributed by atoms with Crippen molar-refractivity contribution in [2.45, 2.75) is 19.3 Å². The van der Waals surface area contributed by atoms with Crippen LogP contribution in [0.4, 0.5) is 11.4 Å². The van der Waals surface area contributed by atoms with Crippen molar-refractivity contribution in [3.8, 4) is 11.5 Å². The molecule has 0 bridgehead atoms. The molecule has 0 fully saturated rings. The molecular formula is C20H20N2O2. The zero-order valence-corrected chi connectivity index (χ0v) is 13.9. The Morgan fingerprint density at radius 1 is 1.00 bits per heavy atom. The maximum absolute atomic E-state index is 5.53. The number of ether oxygens (including phenoxy) is 2. The number of anilines is 2. The molecule has 122 valence electrons. The van der Waals surface area contributed by atoms with E-state index in [1.807, 2.05) is 24.3 Å². The monoisotopic (exact) mass is 320 g/mol. The molecule has 0 unspecified atom stereocenters. The normalized spacial score (nSPS) is 12.9. The smallest absolute Gasteiger partial charge is 0.145 e. The van der Waals surface area contributed by atoms with Gasteiger partial charge >= 0.3 is 0 Å². The summed E-state index contributed by atoms with van der Waals surface area (Å²) in [6.45, 7) is 0. The van der Waals surface area contributed by atoms with Crippen molar-refractivity contribution in [1.82, 2.24) is 4.98 Å². The van der Waals surface area contributed by atoms with Gasteiger partial charge in [0.15, 0.2) is 0 Å². The minimum absolute atomic E-state index is 0.766. The Labute approximate surface area is 141 Å². The van der Waals surface area contributed by atoms with Gasteiger partial charge in [0, 0.05) is 17.1 Å². The number of aromatic nitrogens is 1. The Hall–Kier alpha value is -2.75. The quantitative estimate of drug-likeness (QED) is 0.769. The number of hydrogen-bond acceptors (Lipinski definition) is 4. The fraction of sp³-hybridized carbons (Fsp3) is 0.250. The van der Waals surface area contributed by atoms with E-state index in [4.69, 9.17) is 14.5 Å². The van der Waals surface area contributed by atoms with Gasteiger partial charge in [-0.3, -0.25) is 4.98 Å². The minimum atomic E-state index is 0.766. The molecule has 3 aromatic rings. The van der Waals surface area contributed by atoms with Crippen molar-refractivity contribution in [3.63, 3.8) is 0 Å². The van der Waals surface area contributed by atoms with Crippen LogP contribution in [0.15, 0.2) is 42.5 Å². The average molecular weight is 320 g/mol. The molecule has 0 aliphatic heterocycles. The lowest BCUT2D eigenvalue weighted by Gasteiger charge is -2.17. The average Bonchev–Trinajstić information content (AvgIpc) is 3.10. The molecule has 1 aliphatic carbocycles. The largest absolute Gasteiger partial charge is 0.497 e. The van der Waals surface area contributed by atoms with Crippen molar-refractivity contribution in [2.75, 3.05) is 19.5 Å². The van der Waals surface area contributed by atoms with E-state index in [0.29, 0.717) is 0 Å². The third-order valence-electron chi connectivity index (χ3n) is 4.59. The summed E-state index contributed by atoms with van der Waals surface area (Å²) in [6, 6.07) is 14.1. The van der Waals surface area contributed by atoms with E-state index < -0.39 is 0 Å². The second-order valence-corrected chi connectivity index (χ2v) is 5.97. The third kappa shape index (κ3) is 2.44. The predicted molar refractivity (Wildman–Crippen MR) is 96.6 cm³/mol. The highest BCUT2D eigenvalue weighted by atomic mass is 16.5. The first kappa shape index (κ1) is 14.8. The Morgan fingerprint density at radius 3 is 2.71 bits per heavy atom. The lowest BCUT2D eigenvalue weighted by atomic mass is 10.1. The Balaban J connectivity index is 1.86. The summed E-state index contributed by atoms with van der Waals surface area (Å²) in [4.78, 5) is 4.84. The molecule has 1 N–H and O–H groups in total.